The molecule has 0 atom stereocenters. The van der Waals surface area contributed by atoms with Crippen molar-refractivity contribution >= 4 is 33.0 Å². The number of nitrogens with zero attached hydrogens (tertiary/aromatic N) is 4. The molecule has 5 nitrogen and oxygen atoms in total. The minimum atomic E-state index is -0.232. The molecule has 0 fully saturated rings. The van der Waals surface area contributed by atoms with E-state index in [2.05, 4.69) is 234 Å². The maximum Gasteiger partial charge on any atom is 0.292 e. The number of aromatic amines is 1. The van der Waals surface area contributed by atoms with Gasteiger partial charge in [0.1, 0.15) is 11.5 Å². The Morgan fingerprint density at radius 3 is 1.75 bits per heavy atom. The van der Waals surface area contributed by atoms with Crippen LogP contribution in [0.5, 0.6) is 0 Å². The van der Waals surface area contributed by atoms with Crippen LogP contribution in [-0.2, 0) is 5.54 Å². The summed E-state index contributed by atoms with van der Waals surface area (Å²) in [4.78, 5) is 8.79. The fourth-order valence-corrected chi connectivity index (χ4v) is 9.90. The Morgan fingerprint density at radius 1 is 0.475 bits per heavy atom. The summed E-state index contributed by atoms with van der Waals surface area (Å²) in [5.41, 5.74) is 20.0. The van der Waals surface area contributed by atoms with E-state index in [-0.39, 0.29) is 5.54 Å². The third-order valence-corrected chi connectivity index (χ3v) is 12.9. The van der Waals surface area contributed by atoms with Gasteiger partial charge in [0, 0.05) is 27.7 Å². The van der Waals surface area contributed by atoms with Gasteiger partial charge >= 0.3 is 0 Å². The van der Waals surface area contributed by atoms with Crippen LogP contribution >= 0.6 is 0 Å². The molecule has 0 saturated carbocycles. The van der Waals surface area contributed by atoms with Crippen LogP contribution in [0.3, 0.4) is 0 Å². The fraction of sp³-hybridized carbons (Fsp3) is 0.0714. The van der Waals surface area contributed by atoms with E-state index in [1.807, 2.05) is 0 Å². The summed E-state index contributed by atoms with van der Waals surface area (Å²) in [5, 5.41) is 1.30. The first kappa shape index (κ1) is 35.2. The van der Waals surface area contributed by atoms with E-state index in [1.54, 1.807) is 0 Å². The number of para-hydroxylation sites is 6. The van der Waals surface area contributed by atoms with Crippen LogP contribution in [0.25, 0.3) is 101 Å². The third kappa shape index (κ3) is 5.40. The lowest BCUT2D eigenvalue weighted by atomic mass is 9.88. The number of hydrogen-bond acceptors (Lipinski definition) is 1. The van der Waals surface area contributed by atoms with E-state index in [0.717, 1.165) is 56.2 Å². The van der Waals surface area contributed by atoms with Crippen LogP contribution in [0, 0.1) is 6.92 Å². The molecule has 61 heavy (non-hydrogen) atoms. The van der Waals surface area contributed by atoms with Gasteiger partial charge in [-0.2, -0.15) is 4.57 Å². The highest BCUT2D eigenvalue weighted by Gasteiger charge is 2.38. The molecule has 3 aromatic heterocycles. The van der Waals surface area contributed by atoms with Crippen molar-refractivity contribution in [2.24, 2.45) is 0 Å². The molecule has 0 bridgehead atoms. The number of fused-ring (bicyclic) bond motifs is 7. The first-order valence-electron chi connectivity index (χ1n) is 21.1. The van der Waals surface area contributed by atoms with Crippen molar-refractivity contribution in [3.63, 3.8) is 0 Å². The molecule has 5 heteroatoms. The monoisotopic (exact) mass is 784 g/mol. The molecule has 0 amide bonds. The molecule has 1 aliphatic rings. The molecule has 0 aliphatic carbocycles. The van der Waals surface area contributed by atoms with Gasteiger partial charge in [0.15, 0.2) is 11.0 Å². The number of aryl methyl sites for hydroxylation is 1. The summed E-state index contributed by atoms with van der Waals surface area (Å²) in [6.07, 6.45) is 0. The van der Waals surface area contributed by atoms with E-state index in [4.69, 9.17) is 4.98 Å². The SMILES string of the molecule is Cc1c2n(c3ccc(-c4ccc(-c5[nH+]c6ccccc6n5-c5ccccc5)cc4)cc13)C(C)(C)c1cc(-c3ccc(-c4nc5ccccc5n4-c4ccccc4)cc3)ccc1-2. The van der Waals surface area contributed by atoms with E-state index < -0.39 is 0 Å². The molecular weight excluding hydrogens is 743 g/mol. The summed E-state index contributed by atoms with van der Waals surface area (Å²) in [6, 6.07) is 69.9. The summed E-state index contributed by atoms with van der Waals surface area (Å²) in [5.74, 6) is 2.01. The molecule has 1 aliphatic heterocycles. The number of benzene rings is 8. The second kappa shape index (κ2) is 13.4. The van der Waals surface area contributed by atoms with Gasteiger partial charge in [-0.05, 0) is 133 Å². The van der Waals surface area contributed by atoms with Crippen molar-refractivity contribution in [1.29, 1.82) is 0 Å². The topological polar surface area (TPSA) is 41.8 Å². The van der Waals surface area contributed by atoms with Gasteiger partial charge in [-0.15, -0.1) is 0 Å². The second-order valence-corrected chi connectivity index (χ2v) is 16.8. The van der Waals surface area contributed by atoms with E-state index in [0.29, 0.717) is 0 Å². The molecule has 290 valence electrons. The number of aromatic nitrogens is 5. The fourth-order valence-electron chi connectivity index (χ4n) is 9.90. The average Bonchev–Trinajstić information content (AvgIpc) is 4.04. The van der Waals surface area contributed by atoms with Gasteiger partial charge in [0.05, 0.1) is 27.8 Å². The molecule has 1 N–H and O–H groups in total. The van der Waals surface area contributed by atoms with Crippen LogP contribution in [0.4, 0.5) is 0 Å². The summed E-state index contributed by atoms with van der Waals surface area (Å²) in [6.45, 7) is 7.01. The number of H-pyrrole nitrogens is 1. The third-order valence-electron chi connectivity index (χ3n) is 12.9. The van der Waals surface area contributed by atoms with Crippen molar-refractivity contribution in [1.82, 2.24) is 18.7 Å². The molecule has 12 rings (SSSR count). The van der Waals surface area contributed by atoms with E-state index in [9.17, 15) is 0 Å². The molecule has 0 radical (unpaired) electrons. The normalized spacial score (nSPS) is 13.0. The molecular formula is C56H42N5+. The zero-order chi connectivity index (χ0) is 40.8. The molecule has 0 unspecified atom stereocenters. The second-order valence-electron chi connectivity index (χ2n) is 16.8. The summed E-state index contributed by atoms with van der Waals surface area (Å²) < 4.78 is 7.13. The maximum absolute atomic E-state index is 5.09. The smallest absolute Gasteiger partial charge is 0.292 e. The van der Waals surface area contributed by atoms with Gasteiger partial charge in [-0.1, -0.05) is 115 Å². The standard InChI is InChI=1S/C56H41N5/c1-36-46-34-41(37-22-26-39(27-23-37)54-57-48-18-10-12-20-51(48)59(54)43-14-6-4-7-15-43)31-33-50(46)61-53(36)45-32-30-42(35-47(45)56(61,2)3)38-24-28-40(29-25-38)55-58-49-19-11-13-21-52(49)60(55)44-16-8-5-9-17-44/h4-35H,1-3H3/p+1. The maximum atomic E-state index is 5.09. The first-order valence-corrected chi connectivity index (χ1v) is 21.1. The van der Waals surface area contributed by atoms with Crippen LogP contribution in [-0.4, -0.2) is 18.7 Å². The van der Waals surface area contributed by atoms with Crippen molar-refractivity contribution in [2.45, 2.75) is 26.3 Å². The minimum Gasteiger partial charge on any atom is -0.330 e. The van der Waals surface area contributed by atoms with Gasteiger partial charge in [0.25, 0.3) is 5.82 Å². The van der Waals surface area contributed by atoms with Gasteiger partial charge < -0.3 is 4.57 Å². The summed E-state index contributed by atoms with van der Waals surface area (Å²) in [7, 11) is 0. The number of imidazole rings is 2. The lowest BCUT2D eigenvalue weighted by Gasteiger charge is -2.25. The van der Waals surface area contributed by atoms with Crippen LogP contribution < -0.4 is 4.98 Å². The quantitative estimate of drug-likeness (QED) is 0.166. The molecule has 0 saturated heterocycles. The van der Waals surface area contributed by atoms with E-state index in [1.165, 1.54) is 55.5 Å². The molecule has 8 aromatic carbocycles. The van der Waals surface area contributed by atoms with Crippen molar-refractivity contribution in [3.05, 3.63) is 205 Å². The zero-order valence-corrected chi connectivity index (χ0v) is 34.3. The average molecular weight is 785 g/mol. The molecule has 11 aromatic rings. The number of nitrogens with one attached hydrogen (secondary N) is 1. The Labute approximate surface area is 354 Å². The summed E-state index contributed by atoms with van der Waals surface area (Å²) >= 11 is 0. The largest absolute Gasteiger partial charge is 0.330 e. The minimum absolute atomic E-state index is 0.232. The Hall–Kier alpha value is -7.76. The van der Waals surface area contributed by atoms with Crippen molar-refractivity contribution < 1.29 is 4.98 Å². The zero-order valence-electron chi connectivity index (χ0n) is 34.3. The Balaban J connectivity index is 0.871. The predicted octanol–water partition coefficient (Wildman–Crippen LogP) is 13.5. The van der Waals surface area contributed by atoms with E-state index >= 15 is 0 Å². The highest BCUT2D eigenvalue weighted by molar-refractivity contribution is 5.98. The van der Waals surface area contributed by atoms with Crippen molar-refractivity contribution in [2.75, 3.05) is 0 Å². The van der Waals surface area contributed by atoms with Gasteiger partial charge in [-0.3, -0.25) is 4.57 Å². The predicted molar refractivity (Wildman–Crippen MR) is 250 cm³/mol. The van der Waals surface area contributed by atoms with Crippen LogP contribution in [0.15, 0.2) is 194 Å². The lowest BCUT2D eigenvalue weighted by molar-refractivity contribution is -0.331. The lowest BCUT2D eigenvalue weighted by Crippen LogP contribution is -2.23. The number of hydrogen-bond donors (Lipinski definition) is 0. The molecule has 0 spiro atoms. The highest BCUT2D eigenvalue weighted by Crippen LogP contribution is 2.50. The highest BCUT2D eigenvalue weighted by atomic mass is 15.1. The first-order chi connectivity index (χ1) is 29.9. The van der Waals surface area contributed by atoms with Crippen LogP contribution in [0.1, 0.15) is 25.0 Å². The Kier molecular flexibility index (Phi) is 7.72. The van der Waals surface area contributed by atoms with Crippen LogP contribution in [0.2, 0.25) is 0 Å². The van der Waals surface area contributed by atoms with Gasteiger partial charge in [0.2, 0.25) is 0 Å². The Morgan fingerprint density at radius 2 is 1.03 bits per heavy atom. The Bertz CT molecular complexity index is 3480. The number of rotatable bonds is 6. The van der Waals surface area contributed by atoms with Crippen molar-refractivity contribution in [3.8, 4) is 67.7 Å². The molecule has 4 heterocycles. The van der Waals surface area contributed by atoms with Gasteiger partial charge in [-0.25, -0.2) is 9.97 Å².